The number of nitrogens with one attached hydrogen (secondary N) is 2. The standard InChI is InChI=1S/C12H18N2O4/c1-17-11(15)4-3-7-13-8-9-5-6-10(14-9)12(16)18-2/h5-6,13-14H,3-4,7-8H2,1-2H3. The zero-order valence-corrected chi connectivity index (χ0v) is 10.6. The van der Waals surface area contributed by atoms with Crippen LogP contribution in [0.5, 0.6) is 0 Å². The molecule has 0 atom stereocenters. The lowest BCUT2D eigenvalue weighted by molar-refractivity contribution is -0.140. The Bertz CT molecular complexity index is 401. The van der Waals surface area contributed by atoms with Crippen LogP contribution in [0.2, 0.25) is 0 Å². The second-order valence-corrected chi connectivity index (χ2v) is 3.75. The van der Waals surface area contributed by atoms with E-state index in [0.29, 0.717) is 25.2 Å². The molecular formula is C12H18N2O4. The molecule has 0 spiro atoms. The number of ether oxygens (including phenoxy) is 2. The van der Waals surface area contributed by atoms with E-state index in [1.807, 2.05) is 6.07 Å². The average Bonchev–Trinajstić information content (AvgIpc) is 2.85. The fourth-order valence-electron chi connectivity index (χ4n) is 1.46. The molecular weight excluding hydrogens is 236 g/mol. The molecule has 0 saturated carbocycles. The van der Waals surface area contributed by atoms with E-state index >= 15 is 0 Å². The number of rotatable bonds is 7. The zero-order valence-electron chi connectivity index (χ0n) is 10.6. The minimum Gasteiger partial charge on any atom is -0.469 e. The molecule has 6 nitrogen and oxygen atoms in total. The number of methoxy groups -OCH3 is 2. The smallest absolute Gasteiger partial charge is 0.354 e. The van der Waals surface area contributed by atoms with E-state index in [0.717, 1.165) is 12.1 Å². The fourth-order valence-corrected chi connectivity index (χ4v) is 1.46. The van der Waals surface area contributed by atoms with Crippen LogP contribution in [0.15, 0.2) is 12.1 Å². The number of aromatic amines is 1. The minimum absolute atomic E-state index is 0.204. The molecule has 1 aromatic heterocycles. The van der Waals surface area contributed by atoms with Gasteiger partial charge in [0.1, 0.15) is 5.69 Å². The summed E-state index contributed by atoms with van der Waals surface area (Å²) in [6.45, 7) is 1.32. The number of esters is 2. The summed E-state index contributed by atoms with van der Waals surface area (Å²) in [6, 6.07) is 3.50. The van der Waals surface area contributed by atoms with Crippen LogP contribution in [0.25, 0.3) is 0 Å². The predicted molar refractivity (Wildman–Crippen MR) is 65.1 cm³/mol. The maximum Gasteiger partial charge on any atom is 0.354 e. The van der Waals surface area contributed by atoms with Gasteiger partial charge in [0, 0.05) is 18.7 Å². The quantitative estimate of drug-likeness (QED) is 0.557. The second kappa shape index (κ2) is 7.50. The molecule has 6 heteroatoms. The molecule has 0 radical (unpaired) electrons. The van der Waals surface area contributed by atoms with Crippen molar-refractivity contribution < 1.29 is 19.1 Å². The predicted octanol–water partition coefficient (Wildman–Crippen LogP) is 0.844. The van der Waals surface area contributed by atoms with Gasteiger partial charge in [-0.2, -0.15) is 0 Å². The van der Waals surface area contributed by atoms with Crippen molar-refractivity contribution >= 4 is 11.9 Å². The molecule has 1 aromatic rings. The van der Waals surface area contributed by atoms with Crippen LogP contribution in [0.1, 0.15) is 29.0 Å². The molecule has 100 valence electrons. The van der Waals surface area contributed by atoms with Gasteiger partial charge in [0.15, 0.2) is 0 Å². The Balaban J connectivity index is 2.21. The van der Waals surface area contributed by atoms with Crippen molar-refractivity contribution in [3.05, 3.63) is 23.5 Å². The van der Waals surface area contributed by atoms with Crippen LogP contribution in [-0.4, -0.2) is 37.7 Å². The molecule has 0 saturated heterocycles. The van der Waals surface area contributed by atoms with Crippen LogP contribution in [0.3, 0.4) is 0 Å². The summed E-state index contributed by atoms with van der Waals surface area (Å²) in [4.78, 5) is 25.0. The highest BCUT2D eigenvalue weighted by Gasteiger charge is 2.07. The second-order valence-electron chi connectivity index (χ2n) is 3.75. The average molecular weight is 254 g/mol. The first-order valence-electron chi connectivity index (χ1n) is 5.71. The zero-order chi connectivity index (χ0) is 13.4. The number of hydrogen-bond acceptors (Lipinski definition) is 5. The Morgan fingerprint density at radius 1 is 1.28 bits per heavy atom. The number of aromatic nitrogens is 1. The number of hydrogen-bond donors (Lipinski definition) is 2. The van der Waals surface area contributed by atoms with Crippen molar-refractivity contribution in [1.29, 1.82) is 0 Å². The van der Waals surface area contributed by atoms with E-state index in [9.17, 15) is 9.59 Å². The molecule has 0 aliphatic carbocycles. The third-order valence-electron chi connectivity index (χ3n) is 2.43. The fraction of sp³-hybridized carbons (Fsp3) is 0.500. The normalized spacial score (nSPS) is 10.1. The summed E-state index contributed by atoms with van der Waals surface area (Å²) in [5, 5.41) is 3.16. The number of carbonyl (C=O) groups is 2. The Morgan fingerprint density at radius 2 is 2.06 bits per heavy atom. The molecule has 0 bridgehead atoms. The van der Waals surface area contributed by atoms with E-state index < -0.39 is 0 Å². The lowest BCUT2D eigenvalue weighted by Gasteiger charge is -2.02. The van der Waals surface area contributed by atoms with Gasteiger partial charge in [0.05, 0.1) is 14.2 Å². The lowest BCUT2D eigenvalue weighted by Crippen LogP contribution is -2.16. The SMILES string of the molecule is COC(=O)CCCNCc1ccc(C(=O)OC)[nH]1. The maximum absolute atomic E-state index is 11.2. The van der Waals surface area contributed by atoms with E-state index in [-0.39, 0.29) is 11.9 Å². The maximum atomic E-state index is 11.2. The Kier molecular flexibility index (Phi) is 5.93. The van der Waals surface area contributed by atoms with Crippen LogP contribution >= 0.6 is 0 Å². The van der Waals surface area contributed by atoms with Crippen LogP contribution < -0.4 is 5.32 Å². The Morgan fingerprint density at radius 3 is 2.72 bits per heavy atom. The van der Waals surface area contributed by atoms with Crippen molar-refractivity contribution in [2.75, 3.05) is 20.8 Å². The summed E-state index contributed by atoms with van der Waals surface area (Å²) >= 11 is 0. The van der Waals surface area contributed by atoms with Crippen molar-refractivity contribution in [1.82, 2.24) is 10.3 Å². The summed E-state index contributed by atoms with van der Waals surface area (Å²) in [5.74, 6) is -0.586. The third kappa shape index (κ3) is 4.58. The molecule has 0 aliphatic heterocycles. The van der Waals surface area contributed by atoms with Crippen LogP contribution in [0, 0.1) is 0 Å². The highest BCUT2D eigenvalue weighted by molar-refractivity contribution is 5.87. The molecule has 18 heavy (non-hydrogen) atoms. The van der Waals surface area contributed by atoms with Crippen LogP contribution in [0.4, 0.5) is 0 Å². The monoisotopic (exact) mass is 254 g/mol. The van der Waals surface area contributed by atoms with Gasteiger partial charge in [-0.15, -0.1) is 0 Å². The molecule has 0 unspecified atom stereocenters. The highest BCUT2D eigenvalue weighted by Crippen LogP contribution is 2.03. The van der Waals surface area contributed by atoms with Crippen LogP contribution in [-0.2, 0) is 20.8 Å². The van der Waals surface area contributed by atoms with Gasteiger partial charge in [-0.25, -0.2) is 4.79 Å². The number of H-pyrrole nitrogens is 1. The van der Waals surface area contributed by atoms with Gasteiger partial charge in [-0.1, -0.05) is 0 Å². The molecule has 1 heterocycles. The van der Waals surface area contributed by atoms with Crippen molar-refractivity contribution in [3.63, 3.8) is 0 Å². The van der Waals surface area contributed by atoms with Gasteiger partial charge in [0.25, 0.3) is 0 Å². The first-order valence-corrected chi connectivity index (χ1v) is 5.71. The Hall–Kier alpha value is -1.82. The topological polar surface area (TPSA) is 80.4 Å². The first kappa shape index (κ1) is 14.2. The first-order chi connectivity index (χ1) is 8.67. The van der Waals surface area contributed by atoms with E-state index in [4.69, 9.17) is 0 Å². The minimum atomic E-state index is -0.382. The van der Waals surface area contributed by atoms with Crippen molar-refractivity contribution in [2.24, 2.45) is 0 Å². The van der Waals surface area contributed by atoms with E-state index in [2.05, 4.69) is 19.8 Å². The molecule has 0 fully saturated rings. The van der Waals surface area contributed by atoms with Crippen molar-refractivity contribution in [2.45, 2.75) is 19.4 Å². The summed E-state index contributed by atoms with van der Waals surface area (Å²) in [6.07, 6.45) is 1.12. The summed E-state index contributed by atoms with van der Waals surface area (Å²) < 4.78 is 9.12. The molecule has 2 N–H and O–H groups in total. The lowest BCUT2D eigenvalue weighted by atomic mass is 10.3. The highest BCUT2D eigenvalue weighted by atomic mass is 16.5. The summed E-state index contributed by atoms with van der Waals surface area (Å²) in [7, 11) is 2.72. The molecule has 0 aliphatic rings. The van der Waals surface area contributed by atoms with Crippen molar-refractivity contribution in [3.8, 4) is 0 Å². The van der Waals surface area contributed by atoms with Gasteiger partial charge >= 0.3 is 11.9 Å². The van der Waals surface area contributed by atoms with E-state index in [1.165, 1.54) is 14.2 Å². The largest absolute Gasteiger partial charge is 0.469 e. The van der Waals surface area contributed by atoms with Gasteiger partial charge in [-0.3, -0.25) is 4.79 Å². The molecule has 1 rings (SSSR count). The van der Waals surface area contributed by atoms with E-state index in [1.54, 1.807) is 6.07 Å². The number of carbonyl (C=O) groups excluding carboxylic acids is 2. The molecule has 0 amide bonds. The summed E-state index contributed by atoms with van der Waals surface area (Å²) in [5.41, 5.74) is 1.33. The third-order valence-corrected chi connectivity index (χ3v) is 2.43. The van der Waals surface area contributed by atoms with Gasteiger partial charge in [-0.05, 0) is 25.1 Å². The Labute approximate surface area is 106 Å². The molecule has 0 aromatic carbocycles. The van der Waals surface area contributed by atoms with Gasteiger partial charge in [0.2, 0.25) is 0 Å². The van der Waals surface area contributed by atoms with Gasteiger partial charge < -0.3 is 19.8 Å².